The molecule has 1 aliphatic rings. The summed E-state index contributed by atoms with van der Waals surface area (Å²) in [5.41, 5.74) is 11.0. The van der Waals surface area contributed by atoms with Crippen LogP contribution in [-0.4, -0.2) is 28.9 Å². The highest BCUT2D eigenvalue weighted by Crippen LogP contribution is 2.34. The van der Waals surface area contributed by atoms with E-state index in [-0.39, 0.29) is 0 Å². The molecule has 4 nitrogen and oxygen atoms in total. The fourth-order valence-corrected chi connectivity index (χ4v) is 4.12. The van der Waals surface area contributed by atoms with Crippen molar-refractivity contribution in [1.29, 1.82) is 0 Å². The summed E-state index contributed by atoms with van der Waals surface area (Å²) in [6, 6.07) is 17.4. The lowest BCUT2D eigenvalue weighted by Gasteiger charge is -2.27. The molecular formula is C24H24ClN3O. The minimum absolute atomic E-state index is 0.422. The van der Waals surface area contributed by atoms with Crippen molar-refractivity contribution in [1.82, 2.24) is 9.88 Å². The lowest BCUT2D eigenvalue weighted by molar-refractivity contribution is 0.100. The average Bonchev–Trinajstić information content (AvgIpc) is 2.76. The first-order valence-electron chi connectivity index (χ1n) is 9.98. The van der Waals surface area contributed by atoms with E-state index < -0.39 is 5.91 Å². The normalized spacial score (nSPS) is 14.7. The second-order valence-electron chi connectivity index (χ2n) is 7.48. The first kappa shape index (κ1) is 19.6. The first-order chi connectivity index (χ1) is 14.1. The van der Waals surface area contributed by atoms with E-state index in [0.29, 0.717) is 10.6 Å². The van der Waals surface area contributed by atoms with Crippen LogP contribution in [0.1, 0.15) is 35.2 Å². The van der Waals surface area contributed by atoms with Gasteiger partial charge in [0.05, 0.1) is 5.69 Å². The van der Waals surface area contributed by atoms with Crippen LogP contribution in [0.2, 0.25) is 5.02 Å². The van der Waals surface area contributed by atoms with Crippen molar-refractivity contribution in [2.24, 2.45) is 5.73 Å². The van der Waals surface area contributed by atoms with Gasteiger partial charge in [0.2, 0.25) is 5.91 Å². The van der Waals surface area contributed by atoms with Gasteiger partial charge in [-0.15, -0.1) is 0 Å². The fourth-order valence-electron chi connectivity index (χ4n) is 3.91. The van der Waals surface area contributed by atoms with Crippen molar-refractivity contribution >= 4 is 17.5 Å². The smallest absolute Gasteiger partial charge is 0.248 e. The summed E-state index contributed by atoms with van der Waals surface area (Å²) in [6.45, 7) is 3.07. The number of rotatable bonds is 5. The Kier molecular flexibility index (Phi) is 5.93. The van der Waals surface area contributed by atoms with Gasteiger partial charge in [-0.2, -0.15) is 0 Å². The zero-order valence-electron chi connectivity index (χ0n) is 16.3. The van der Waals surface area contributed by atoms with Gasteiger partial charge in [-0.25, -0.2) is 0 Å². The van der Waals surface area contributed by atoms with E-state index in [1.807, 2.05) is 54.6 Å². The van der Waals surface area contributed by atoms with E-state index in [9.17, 15) is 4.79 Å². The van der Waals surface area contributed by atoms with E-state index in [0.717, 1.165) is 42.0 Å². The van der Waals surface area contributed by atoms with Crippen LogP contribution in [0.25, 0.3) is 22.4 Å². The molecule has 4 rings (SSSR count). The number of nitrogens with zero attached hydrogens (tertiary/aromatic N) is 2. The van der Waals surface area contributed by atoms with Crippen molar-refractivity contribution in [3.05, 3.63) is 76.9 Å². The van der Waals surface area contributed by atoms with Gasteiger partial charge in [0.25, 0.3) is 0 Å². The number of hydrogen-bond acceptors (Lipinski definition) is 3. The SMILES string of the molecule is NC(=O)c1ccc(CN2CCCCC2)c(-c2ccc(Cl)c(-c3ccccn3)c2)c1. The molecule has 3 aromatic rings. The number of halogens is 1. The standard InChI is InChI=1S/C24H24ClN3O/c25-22-10-9-17(14-21(22)23-6-2-3-11-27-23)20-15-18(24(26)29)7-8-19(20)16-28-12-4-1-5-13-28/h2-3,6-11,14-15H,1,4-5,12-13,16H2,(H2,26,29). The molecule has 1 aromatic heterocycles. The van der Waals surface area contributed by atoms with Crippen LogP contribution >= 0.6 is 11.6 Å². The van der Waals surface area contributed by atoms with Gasteiger partial charge in [0, 0.05) is 28.9 Å². The van der Waals surface area contributed by atoms with Gasteiger partial charge >= 0.3 is 0 Å². The molecule has 2 heterocycles. The predicted molar refractivity (Wildman–Crippen MR) is 118 cm³/mol. The van der Waals surface area contributed by atoms with Crippen molar-refractivity contribution in [2.75, 3.05) is 13.1 Å². The topological polar surface area (TPSA) is 59.2 Å². The highest BCUT2D eigenvalue weighted by molar-refractivity contribution is 6.33. The molecule has 1 saturated heterocycles. The lowest BCUT2D eigenvalue weighted by atomic mass is 9.94. The van der Waals surface area contributed by atoms with Crippen LogP contribution in [0.4, 0.5) is 0 Å². The third-order valence-corrected chi connectivity index (χ3v) is 5.78. The zero-order valence-corrected chi connectivity index (χ0v) is 17.0. The van der Waals surface area contributed by atoms with Gasteiger partial charge in [0.1, 0.15) is 0 Å². The van der Waals surface area contributed by atoms with Gasteiger partial charge in [-0.3, -0.25) is 14.7 Å². The molecule has 0 saturated carbocycles. The number of amides is 1. The van der Waals surface area contributed by atoms with Gasteiger partial charge in [-0.1, -0.05) is 36.2 Å². The van der Waals surface area contributed by atoms with E-state index in [1.165, 1.54) is 24.8 Å². The largest absolute Gasteiger partial charge is 0.366 e. The summed E-state index contributed by atoms with van der Waals surface area (Å²) in [6.07, 6.45) is 5.53. The molecule has 0 radical (unpaired) electrons. The van der Waals surface area contributed by atoms with E-state index in [1.54, 1.807) is 6.20 Å². The van der Waals surface area contributed by atoms with Crippen LogP contribution in [-0.2, 0) is 6.54 Å². The fraction of sp³-hybridized carbons (Fsp3) is 0.250. The molecule has 5 heteroatoms. The second kappa shape index (κ2) is 8.76. The highest BCUT2D eigenvalue weighted by atomic mass is 35.5. The van der Waals surface area contributed by atoms with Gasteiger partial charge in [-0.05, 0) is 79.0 Å². The number of likely N-dealkylation sites (tertiary alicyclic amines) is 1. The molecular weight excluding hydrogens is 382 g/mol. The Morgan fingerprint density at radius 1 is 1.00 bits per heavy atom. The molecule has 2 aromatic carbocycles. The highest BCUT2D eigenvalue weighted by Gasteiger charge is 2.16. The number of benzene rings is 2. The molecule has 1 amide bonds. The first-order valence-corrected chi connectivity index (χ1v) is 10.4. The molecule has 0 unspecified atom stereocenters. The predicted octanol–water partition coefficient (Wildman–Crippen LogP) is 5.15. The maximum Gasteiger partial charge on any atom is 0.248 e. The third kappa shape index (κ3) is 4.50. The van der Waals surface area contributed by atoms with Gasteiger partial charge in [0.15, 0.2) is 0 Å². The molecule has 1 aliphatic heterocycles. The number of nitrogens with two attached hydrogens (primary N) is 1. The van der Waals surface area contributed by atoms with Crippen LogP contribution < -0.4 is 5.73 Å². The van der Waals surface area contributed by atoms with Crippen molar-refractivity contribution in [3.8, 4) is 22.4 Å². The monoisotopic (exact) mass is 405 g/mol. The molecule has 1 fully saturated rings. The maximum absolute atomic E-state index is 11.8. The minimum atomic E-state index is -0.422. The Morgan fingerprint density at radius 3 is 2.55 bits per heavy atom. The minimum Gasteiger partial charge on any atom is -0.366 e. The van der Waals surface area contributed by atoms with Crippen LogP contribution in [0, 0.1) is 0 Å². The summed E-state index contributed by atoms with van der Waals surface area (Å²) in [7, 11) is 0. The zero-order chi connectivity index (χ0) is 20.2. The van der Waals surface area contributed by atoms with E-state index >= 15 is 0 Å². The molecule has 29 heavy (non-hydrogen) atoms. The molecule has 2 N–H and O–H groups in total. The molecule has 0 spiro atoms. The number of primary amides is 1. The van der Waals surface area contributed by atoms with E-state index in [2.05, 4.69) is 9.88 Å². The number of carbonyl (C=O) groups is 1. The van der Waals surface area contributed by atoms with Gasteiger partial charge < -0.3 is 5.73 Å². The maximum atomic E-state index is 11.8. The Hall–Kier alpha value is -2.69. The summed E-state index contributed by atoms with van der Waals surface area (Å²) >= 11 is 6.47. The molecule has 0 aliphatic carbocycles. The van der Waals surface area contributed by atoms with E-state index in [4.69, 9.17) is 17.3 Å². The number of aromatic nitrogens is 1. The number of pyridine rings is 1. The second-order valence-corrected chi connectivity index (χ2v) is 7.89. The average molecular weight is 406 g/mol. The lowest BCUT2D eigenvalue weighted by Crippen LogP contribution is -2.29. The molecule has 0 bridgehead atoms. The quantitative estimate of drug-likeness (QED) is 0.638. The number of hydrogen-bond donors (Lipinski definition) is 1. The Bertz CT molecular complexity index is 1010. The summed E-state index contributed by atoms with van der Waals surface area (Å²) in [5, 5.41) is 0.649. The number of piperidine rings is 1. The summed E-state index contributed by atoms with van der Waals surface area (Å²) in [4.78, 5) is 18.7. The van der Waals surface area contributed by atoms with Crippen molar-refractivity contribution in [3.63, 3.8) is 0 Å². The Balaban J connectivity index is 1.78. The third-order valence-electron chi connectivity index (χ3n) is 5.46. The summed E-state index contributed by atoms with van der Waals surface area (Å²) in [5.74, 6) is -0.422. The molecule has 0 atom stereocenters. The summed E-state index contributed by atoms with van der Waals surface area (Å²) < 4.78 is 0. The van der Waals surface area contributed by atoms with Crippen LogP contribution in [0.15, 0.2) is 60.8 Å². The molecule has 148 valence electrons. The Morgan fingerprint density at radius 2 is 1.83 bits per heavy atom. The van der Waals surface area contributed by atoms with Crippen LogP contribution in [0.5, 0.6) is 0 Å². The van der Waals surface area contributed by atoms with Crippen molar-refractivity contribution < 1.29 is 4.79 Å². The number of carbonyl (C=O) groups excluding carboxylic acids is 1. The van der Waals surface area contributed by atoms with Crippen molar-refractivity contribution in [2.45, 2.75) is 25.8 Å². The van der Waals surface area contributed by atoms with Crippen LogP contribution in [0.3, 0.4) is 0 Å². The Labute approximate surface area is 176 Å².